The van der Waals surface area contributed by atoms with Crippen LogP contribution in [0.25, 0.3) is 0 Å². The van der Waals surface area contributed by atoms with Crippen molar-refractivity contribution in [2.45, 2.75) is 5.92 Å². The number of aldehydes is 1. The highest BCUT2D eigenvalue weighted by atomic mass is 19.1. The lowest BCUT2D eigenvalue weighted by molar-refractivity contribution is -0.108. The molecule has 0 amide bonds. The summed E-state index contributed by atoms with van der Waals surface area (Å²) in [6, 6.07) is 4.23. The van der Waals surface area contributed by atoms with E-state index in [1.54, 1.807) is 6.07 Å². The molecule has 0 aromatic heterocycles. The number of hydrogen-bond acceptors (Lipinski definition) is 2. The second-order valence-corrected chi connectivity index (χ2v) is 2.45. The van der Waals surface area contributed by atoms with Crippen molar-refractivity contribution in [3.8, 4) is 6.07 Å². The van der Waals surface area contributed by atoms with Crippen LogP contribution in [-0.2, 0) is 4.79 Å². The number of nitriles is 1. The van der Waals surface area contributed by atoms with Crippen molar-refractivity contribution in [3.05, 3.63) is 35.4 Å². The number of carbonyl (C=O) groups excluding carboxylic acids is 1. The summed E-state index contributed by atoms with van der Waals surface area (Å²) in [6.45, 7) is 0. The van der Waals surface area contributed by atoms with E-state index in [1.807, 2.05) is 0 Å². The molecule has 0 aliphatic carbocycles. The largest absolute Gasteiger partial charge is 0.302 e. The predicted molar refractivity (Wildman–Crippen MR) is 40.8 cm³/mol. The number of carbonyl (C=O) groups is 1. The normalized spacial score (nSPS) is 11.8. The Hall–Kier alpha value is -1.76. The Morgan fingerprint density at radius 3 is 2.23 bits per heavy atom. The SMILES string of the molecule is N#CC(C=O)c1cc(F)cc(F)c1. The minimum absolute atomic E-state index is 0.0370. The quantitative estimate of drug-likeness (QED) is 0.652. The van der Waals surface area contributed by atoms with Crippen molar-refractivity contribution in [3.63, 3.8) is 0 Å². The van der Waals surface area contributed by atoms with Crippen molar-refractivity contribution in [2.24, 2.45) is 0 Å². The van der Waals surface area contributed by atoms with Crippen molar-refractivity contribution in [1.29, 1.82) is 5.26 Å². The standard InChI is InChI=1S/C9H5F2NO/c10-8-1-6(2-9(11)3-8)7(4-12)5-13/h1-3,5,7H. The van der Waals surface area contributed by atoms with Crippen LogP contribution in [0.1, 0.15) is 11.5 Å². The molecule has 0 N–H and O–H groups in total. The Kier molecular flexibility index (Phi) is 2.70. The first-order valence-corrected chi connectivity index (χ1v) is 3.48. The molecule has 0 bridgehead atoms. The number of halogens is 2. The topological polar surface area (TPSA) is 40.9 Å². The summed E-state index contributed by atoms with van der Waals surface area (Å²) in [6.07, 6.45) is 0.341. The second kappa shape index (κ2) is 3.76. The highest BCUT2D eigenvalue weighted by Gasteiger charge is 2.11. The van der Waals surface area contributed by atoms with Crippen molar-refractivity contribution >= 4 is 6.29 Å². The van der Waals surface area contributed by atoms with E-state index in [0.717, 1.165) is 12.1 Å². The maximum atomic E-state index is 12.6. The van der Waals surface area contributed by atoms with Gasteiger partial charge in [-0.3, -0.25) is 0 Å². The first-order valence-electron chi connectivity index (χ1n) is 3.48. The van der Waals surface area contributed by atoms with E-state index in [4.69, 9.17) is 5.26 Å². The van der Waals surface area contributed by atoms with Gasteiger partial charge in [0.2, 0.25) is 0 Å². The van der Waals surface area contributed by atoms with Gasteiger partial charge in [0, 0.05) is 6.07 Å². The van der Waals surface area contributed by atoms with E-state index >= 15 is 0 Å². The first-order chi connectivity index (χ1) is 6.17. The van der Waals surface area contributed by atoms with Crippen LogP contribution in [0, 0.1) is 23.0 Å². The summed E-state index contributed by atoms with van der Waals surface area (Å²) < 4.78 is 25.2. The molecular formula is C9H5F2NO. The van der Waals surface area contributed by atoms with Gasteiger partial charge in [-0.05, 0) is 17.7 Å². The monoisotopic (exact) mass is 181 g/mol. The zero-order chi connectivity index (χ0) is 9.84. The fourth-order valence-electron chi connectivity index (χ4n) is 0.938. The summed E-state index contributed by atoms with van der Waals surface area (Å²) in [4.78, 5) is 10.3. The lowest BCUT2D eigenvalue weighted by Crippen LogP contribution is -1.98. The van der Waals surface area contributed by atoms with Crippen LogP contribution in [0.3, 0.4) is 0 Å². The van der Waals surface area contributed by atoms with Gasteiger partial charge in [0.25, 0.3) is 0 Å². The summed E-state index contributed by atoms with van der Waals surface area (Å²) in [7, 11) is 0. The fraction of sp³-hybridized carbons (Fsp3) is 0.111. The third-order valence-corrected chi connectivity index (χ3v) is 1.52. The molecule has 0 aliphatic rings. The Labute approximate surface area is 73.4 Å². The van der Waals surface area contributed by atoms with Gasteiger partial charge >= 0.3 is 0 Å². The Morgan fingerprint density at radius 2 is 1.85 bits per heavy atom. The van der Waals surface area contributed by atoms with E-state index in [1.165, 1.54) is 0 Å². The Bertz CT molecular complexity index is 350. The molecule has 0 heterocycles. The smallest absolute Gasteiger partial charge is 0.141 e. The third kappa shape index (κ3) is 2.09. The molecule has 2 nitrogen and oxygen atoms in total. The molecule has 0 aliphatic heterocycles. The Morgan fingerprint density at radius 1 is 1.31 bits per heavy atom. The van der Waals surface area contributed by atoms with Crippen molar-refractivity contribution in [1.82, 2.24) is 0 Å². The molecular weight excluding hydrogens is 176 g/mol. The summed E-state index contributed by atoms with van der Waals surface area (Å²) >= 11 is 0. The minimum Gasteiger partial charge on any atom is -0.302 e. The minimum atomic E-state index is -1.11. The fourth-order valence-corrected chi connectivity index (χ4v) is 0.938. The summed E-state index contributed by atoms with van der Waals surface area (Å²) in [5.41, 5.74) is 0.0370. The molecule has 1 aromatic rings. The van der Waals surface area contributed by atoms with Crippen LogP contribution >= 0.6 is 0 Å². The van der Waals surface area contributed by atoms with Crippen LogP contribution < -0.4 is 0 Å². The lowest BCUT2D eigenvalue weighted by atomic mass is 10.0. The van der Waals surface area contributed by atoms with Gasteiger partial charge in [0.1, 0.15) is 23.8 Å². The van der Waals surface area contributed by atoms with Crippen molar-refractivity contribution in [2.75, 3.05) is 0 Å². The molecule has 0 radical (unpaired) electrons. The van der Waals surface area contributed by atoms with E-state index in [2.05, 4.69) is 0 Å². The summed E-state index contributed by atoms with van der Waals surface area (Å²) in [5.74, 6) is -2.70. The average molecular weight is 181 g/mol. The van der Waals surface area contributed by atoms with E-state index in [-0.39, 0.29) is 5.56 Å². The van der Waals surface area contributed by atoms with E-state index in [0.29, 0.717) is 12.4 Å². The highest BCUT2D eigenvalue weighted by Crippen LogP contribution is 2.15. The van der Waals surface area contributed by atoms with Gasteiger partial charge in [0.05, 0.1) is 6.07 Å². The molecule has 0 saturated heterocycles. The molecule has 0 saturated carbocycles. The molecule has 0 spiro atoms. The maximum Gasteiger partial charge on any atom is 0.141 e. The van der Waals surface area contributed by atoms with Gasteiger partial charge < -0.3 is 4.79 Å². The third-order valence-electron chi connectivity index (χ3n) is 1.52. The van der Waals surface area contributed by atoms with Gasteiger partial charge in [0.15, 0.2) is 0 Å². The molecule has 1 aromatic carbocycles. The van der Waals surface area contributed by atoms with Crippen LogP contribution in [0.4, 0.5) is 8.78 Å². The molecule has 4 heteroatoms. The number of rotatable bonds is 2. The zero-order valence-corrected chi connectivity index (χ0v) is 6.50. The number of nitrogens with zero attached hydrogens (tertiary/aromatic N) is 1. The molecule has 1 unspecified atom stereocenters. The molecule has 1 rings (SSSR count). The average Bonchev–Trinajstić information content (AvgIpc) is 2.04. The number of hydrogen-bond donors (Lipinski definition) is 0. The highest BCUT2D eigenvalue weighted by molar-refractivity contribution is 5.66. The van der Waals surface area contributed by atoms with Crippen molar-refractivity contribution < 1.29 is 13.6 Å². The first kappa shape index (κ1) is 9.33. The number of benzene rings is 1. The molecule has 1 atom stereocenters. The van der Waals surface area contributed by atoms with Gasteiger partial charge in [-0.1, -0.05) is 0 Å². The zero-order valence-electron chi connectivity index (χ0n) is 6.50. The van der Waals surface area contributed by atoms with Crippen LogP contribution in [0.15, 0.2) is 18.2 Å². The molecule has 66 valence electrons. The van der Waals surface area contributed by atoms with Gasteiger partial charge in [-0.15, -0.1) is 0 Å². The Balaban J connectivity index is 3.15. The van der Waals surface area contributed by atoms with Crippen LogP contribution in [0.5, 0.6) is 0 Å². The second-order valence-electron chi connectivity index (χ2n) is 2.45. The predicted octanol–water partition coefficient (Wildman–Crippen LogP) is 1.77. The van der Waals surface area contributed by atoms with Gasteiger partial charge in [-0.25, -0.2) is 8.78 Å². The maximum absolute atomic E-state index is 12.6. The summed E-state index contributed by atoms with van der Waals surface area (Å²) in [5, 5.41) is 8.44. The van der Waals surface area contributed by atoms with E-state index in [9.17, 15) is 13.6 Å². The van der Waals surface area contributed by atoms with E-state index < -0.39 is 17.6 Å². The molecule has 13 heavy (non-hydrogen) atoms. The van der Waals surface area contributed by atoms with Gasteiger partial charge in [-0.2, -0.15) is 5.26 Å². The molecule has 0 fully saturated rings. The lowest BCUT2D eigenvalue weighted by Gasteiger charge is -2.01. The van der Waals surface area contributed by atoms with Crippen LogP contribution in [-0.4, -0.2) is 6.29 Å². The van der Waals surface area contributed by atoms with Crippen LogP contribution in [0.2, 0.25) is 0 Å².